The van der Waals surface area contributed by atoms with Gasteiger partial charge in [-0.3, -0.25) is 0 Å². The Kier molecular flexibility index (Phi) is 6.89. The normalized spacial score (nSPS) is 11.9. The lowest BCUT2D eigenvalue weighted by atomic mass is 10.2. The highest BCUT2D eigenvalue weighted by molar-refractivity contribution is 5.82. The molecule has 0 heterocycles. The lowest BCUT2D eigenvalue weighted by molar-refractivity contribution is -0.137. The van der Waals surface area contributed by atoms with Crippen molar-refractivity contribution in [2.24, 2.45) is 0 Å². The van der Waals surface area contributed by atoms with E-state index in [1.165, 1.54) is 12.2 Å². The van der Waals surface area contributed by atoms with Gasteiger partial charge in [0, 0.05) is 12.6 Å². The van der Waals surface area contributed by atoms with Gasteiger partial charge < -0.3 is 14.8 Å². The molecule has 0 spiro atoms. The van der Waals surface area contributed by atoms with Crippen molar-refractivity contribution >= 4 is 12.1 Å². The summed E-state index contributed by atoms with van der Waals surface area (Å²) in [4.78, 5) is 22.6. The number of rotatable bonds is 6. The highest BCUT2D eigenvalue weighted by Crippen LogP contribution is 1.99. The Balaban J connectivity index is 2.29. The molecule has 0 radical (unpaired) electrons. The van der Waals surface area contributed by atoms with Crippen molar-refractivity contribution in [3.05, 3.63) is 48.0 Å². The van der Waals surface area contributed by atoms with Crippen LogP contribution in [0.3, 0.4) is 0 Å². The monoisotopic (exact) mass is 277 g/mol. The van der Waals surface area contributed by atoms with Crippen LogP contribution in [0.25, 0.3) is 0 Å². The molecule has 1 rings (SSSR count). The fourth-order valence-electron chi connectivity index (χ4n) is 1.42. The molecule has 0 unspecified atom stereocenters. The molecule has 1 amide bonds. The van der Waals surface area contributed by atoms with Crippen molar-refractivity contribution < 1.29 is 19.1 Å². The lowest BCUT2D eigenvalue weighted by Gasteiger charge is -2.10. The van der Waals surface area contributed by atoms with Crippen LogP contribution in [0.1, 0.15) is 19.4 Å². The Labute approximate surface area is 118 Å². The van der Waals surface area contributed by atoms with Crippen molar-refractivity contribution in [1.29, 1.82) is 0 Å². The molecule has 1 aromatic rings. The van der Waals surface area contributed by atoms with Gasteiger partial charge in [-0.1, -0.05) is 30.3 Å². The molecule has 0 aromatic heterocycles. The maximum Gasteiger partial charge on any atom is 0.407 e. The smallest absolute Gasteiger partial charge is 0.407 e. The molecule has 20 heavy (non-hydrogen) atoms. The van der Waals surface area contributed by atoms with Crippen molar-refractivity contribution in [2.75, 3.05) is 6.61 Å². The summed E-state index contributed by atoms with van der Waals surface area (Å²) < 4.78 is 9.78. The molecule has 0 bridgehead atoms. The zero-order chi connectivity index (χ0) is 14.8. The fourth-order valence-corrected chi connectivity index (χ4v) is 1.42. The number of ether oxygens (including phenoxy) is 2. The minimum Gasteiger partial charge on any atom is -0.463 e. The molecule has 1 atom stereocenters. The van der Waals surface area contributed by atoms with E-state index in [0.29, 0.717) is 13.2 Å². The minimum atomic E-state index is -0.533. The molecular weight excluding hydrogens is 258 g/mol. The van der Waals surface area contributed by atoms with Crippen LogP contribution < -0.4 is 5.32 Å². The Morgan fingerprint density at radius 1 is 1.30 bits per heavy atom. The van der Waals surface area contributed by atoms with Gasteiger partial charge in [-0.05, 0) is 25.5 Å². The van der Waals surface area contributed by atoms with Crippen molar-refractivity contribution in [3.63, 3.8) is 0 Å². The quantitative estimate of drug-likeness (QED) is 0.640. The number of hydrogen-bond donors (Lipinski definition) is 1. The predicted octanol–water partition coefficient (Wildman–Crippen LogP) is 2.42. The first-order valence-electron chi connectivity index (χ1n) is 6.45. The van der Waals surface area contributed by atoms with Gasteiger partial charge in [0.25, 0.3) is 0 Å². The van der Waals surface area contributed by atoms with Gasteiger partial charge in [0.15, 0.2) is 0 Å². The van der Waals surface area contributed by atoms with Crippen LogP contribution >= 0.6 is 0 Å². The second kappa shape index (κ2) is 8.74. The van der Waals surface area contributed by atoms with Crippen molar-refractivity contribution in [3.8, 4) is 0 Å². The summed E-state index contributed by atoms with van der Waals surface area (Å²) in [5.41, 5.74) is 0.985. The van der Waals surface area contributed by atoms with Gasteiger partial charge in [-0.2, -0.15) is 0 Å². The molecular formula is C15H19NO4. The maximum absolute atomic E-state index is 11.5. The third-order valence-electron chi connectivity index (χ3n) is 2.36. The Bertz CT molecular complexity index is 456. The molecule has 1 aromatic carbocycles. The molecule has 0 aliphatic carbocycles. The summed E-state index contributed by atoms with van der Waals surface area (Å²) in [6.07, 6.45) is 1.68. The first-order chi connectivity index (χ1) is 9.61. The summed E-state index contributed by atoms with van der Waals surface area (Å²) in [5, 5.41) is 2.63. The van der Waals surface area contributed by atoms with Gasteiger partial charge >= 0.3 is 12.1 Å². The van der Waals surface area contributed by atoms with E-state index in [9.17, 15) is 9.59 Å². The van der Waals surface area contributed by atoms with E-state index < -0.39 is 18.2 Å². The minimum absolute atomic E-state index is 0.315. The lowest BCUT2D eigenvalue weighted by Crippen LogP contribution is -2.26. The van der Waals surface area contributed by atoms with Gasteiger partial charge in [0.1, 0.15) is 6.10 Å². The molecule has 0 fully saturated rings. The number of carbonyl (C=O) groups excluding carboxylic acids is 2. The van der Waals surface area contributed by atoms with E-state index in [4.69, 9.17) is 9.47 Å². The molecule has 108 valence electrons. The molecule has 5 nitrogen and oxygen atoms in total. The van der Waals surface area contributed by atoms with Crippen LogP contribution in [-0.4, -0.2) is 24.8 Å². The van der Waals surface area contributed by atoms with Gasteiger partial charge in [0.05, 0.1) is 6.61 Å². The second-order valence-corrected chi connectivity index (χ2v) is 4.06. The number of amides is 1. The topological polar surface area (TPSA) is 64.6 Å². The van der Waals surface area contributed by atoms with Gasteiger partial charge in [0.2, 0.25) is 0 Å². The summed E-state index contributed by atoms with van der Waals surface area (Å²) in [7, 11) is 0. The van der Waals surface area contributed by atoms with E-state index in [-0.39, 0.29) is 0 Å². The summed E-state index contributed by atoms with van der Waals surface area (Å²) in [6, 6.07) is 9.51. The van der Waals surface area contributed by atoms with E-state index in [0.717, 1.165) is 5.56 Å². The van der Waals surface area contributed by atoms with Crippen LogP contribution in [0.5, 0.6) is 0 Å². The zero-order valence-corrected chi connectivity index (χ0v) is 11.7. The van der Waals surface area contributed by atoms with Crippen LogP contribution in [0, 0.1) is 0 Å². The first-order valence-corrected chi connectivity index (χ1v) is 6.45. The highest BCUT2D eigenvalue weighted by atomic mass is 16.6. The van der Waals surface area contributed by atoms with Gasteiger partial charge in [-0.25, -0.2) is 9.59 Å². The number of benzene rings is 1. The third-order valence-corrected chi connectivity index (χ3v) is 2.36. The average Bonchev–Trinajstić information content (AvgIpc) is 2.44. The number of esters is 1. The maximum atomic E-state index is 11.5. The molecule has 0 saturated heterocycles. The number of alkyl carbamates (subject to hydrolysis) is 1. The van der Waals surface area contributed by atoms with E-state index in [2.05, 4.69) is 5.32 Å². The number of carbonyl (C=O) groups is 2. The van der Waals surface area contributed by atoms with Crippen LogP contribution in [0.15, 0.2) is 42.5 Å². The standard InChI is InChI=1S/C15H19NO4/c1-3-19-14(17)10-9-12(2)20-15(18)16-11-13-7-5-4-6-8-13/h4-10,12H,3,11H2,1-2H3,(H,16,18)/b10-9+/t12-/m0/s1. The summed E-state index contributed by atoms with van der Waals surface area (Å²) in [5.74, 6) is -0.451. The van der Waals surface area contributed by atoms with Crippen LogP contribution in [0.4, 0.5) is 4.79 Å². The molecule has 0 aliphatic heterocycles. The predicted molar refractivity (Wildman–Crippen MR) is 75.0 cm³/mol. The summed E-state index contributed by atoms with van der Waals surface area (Å²) >= 11 is 0. The first kappa shape index (κ1) is 15.8. The van der Waals surface area contributed by atoms with Crippen molar-refractivity contribution in [1.82, 2.24) is 5.32 Å². The molecule has 1 N–H and O–H groups in total. The Morgan fingerprint density at radius 3 is 2.65 bits per heavy atom. The van der Waals surface area contributed by atoms with Gasteiger partial charge in [-0.15, -0.1) is 0 Å². The average molecular weight is 277 g/mol. The SMILES string of the molecule is CCOC(=O)/C=C/[C@H](C)OC(=O)NCc1ccccc1. The fraction of sp³-hybridized carbons (Fsp3) is 0.333. The van der Waals surface area contributed by atoms with Crippen LogP contribution in [-0.2, 0) is 20.8 Å². The van der Waals surface area contributed by atoms with E-state index in [1.807, 2.05) is 30.3 Å². The van der Waals surface area contributed by atoms with Crippen LogP contribution in [0.2, 0.25) is 0 Å². The van der Waals surface area contributed by atoms with Crippen molar-refractivity contribution in [2.45, 2.75) is 26.5 Å². The molecule has 0 saturated carbocycles. The number of nitrogens with one attached hydrogen (secondary N) is 1. The molecule has 5 heteroatoms. The Morgan fingerprint density at radius 2 is 2.00 bits per heavy atom. The highest BCUT2D eigenvalue weighted by Gasteiger charge is 2.06. The van der Waals surface area contributed by atoms with E-state index >= 15 is 0 Å². The summed E-state index contributed by atoms with van der Waals surface area (Å²) in [6.45, 7) is 4.10. The Hall–Kier alpha value is -2.30. The number of hydrogen-bond acceptors (Lipinski definition) is 4. The second-order valence-electron chi connectivity index (χ2n) is 4.06. The van der Waals surface area contributed by atoms with E-state index in [1.54, 1.807) is 13.8 Å². The third kappa shape index (κ3) is 6.58. The zero-order valence-electron chi connectivity index (χ0n) is 11.7. The largest absolute Gasteiger partial charge is 0.463 e. The molecule has 0 aliphatic rings.